The number of nitrogens with zero attached hydrogens (tertiary/aromatic N) is 2. The van der Waals surface area contributed by atoms with Crippen LogP contribution in [0.15, 0.2) is 0 Å². The summed E-state index contributed by atoms with van der Waals surface area (Å²) < 4.78 is 21.7. The van der Waals surface area contributed by atoms with Crippen molar-refractivity contribution in [3.8, 4) is 6.19 Å². The minimum atomic E-state index is -3.40. The van der Waals surface area contributed by atoms with E-state index in [4.69, 9.17) is 5.26 Å². The molecular formula is C6H10N2O3S. The van der Waals surface area contributed by atoms with Crippen molar-refractivity contribution in [3.05, 3.63) is 0 Å². The lowest BCUT2D eigenvalue weighted by atomic mass is 10.4. The molecule has 0 saturated carbocycles. The molecule has 0 aliphatic heterocycles. The highest BCUT2D eigenvalue weighted by Crippen LogP contribution is 2.01. The largest absolute Gasteiger partial charge is 0.272 e. The second-order valence-electron chi connectivity index (χ2n) is 2.47. The smallest absolute Gasteiger partial charge is 0.253 e. The summed E-state index contributed by atoms with van der Waals surface area (Å²) in [6.07, 6.45) is 2.50. The second kappa shape index (κ2) is 3.54. The van der Waals surface area contributed by atoms with Gasteiger partial charge in [0.25, 0.3) is 5.91 Å². The summed E-state index contributed by atoms with van der Waals surface area (Å²) in [5.74, 6) is -0.708. The number of rotatable bonds is 2. The molecule has 0 radical (unpaired) electrons. The maximum Gasteiger partial charge on any atom is 0.253 e. The Morgan fingerprint density at radius 2 is 2.00 bits per heavy atom. The molecule has 0 aromatic rings. The maximum absolute atomic E-state index is 11.0. The Hall–Kier alpha value is -1.09. The monoisotopic (exact) mass is 190 g/mol. The van der Waals surface area contributed by atoms with Gasteiger partial charge in [-0.3, -0.25) is 9.69 Å². The fourth-order valence-corrected chi connectivity index (χ4v) is 1.03. The van der Waals surface area contributed by atoms with Crippen LogP contribution in [0.5, 0.6) is 0 Å². The van der Waals surface area contributed by atoms with Crippen LogP contribution in [-0.4, -0.2) is 37.8 Å². The van der Waals surface area contributed by atoms with Crippen LogP contribution in [0.2, 0.25) is 0 Å². The normalized spacial score (nSPS) is 13.2. The molecule has 1 atom stereocenters. The third-order valence-electron chi connectivity index (χ3n) is 1.47. The number of carbonyl (C=O) groups is 1. The highest BCUT2D eigenvalue weighted by atomic mass is 32.2. The lowest BCUT2D eigenvalue weighted by Crippen LogP contribution is -2.36. The molecule has 0 fully saturated rings. The Balaban J connectivity index is 4.66. The van der Waals surface area contributed by atoms with E-state index in [-0.39, 0.29) is 0 Å². The molecule has 0 bridgehead atoms. The lowest BCUT2D eigenvalue weighted by Gasteiger charge is -2.11. The zero-order valence-electron chi connectivity index (χ0n) is 7.10. The SMILES string of the molecule is CC(C(=O)N(C)C#N)S(C)(=O)=O. The van der Waals surface area contributed by atoms with Gasteiger partial charge >= 0.3 is 0 Å². The van der Waals surface area contributed by atoms with E-state index in [9.17, 15) is 13.2 Å². The minimum Gasteiger partial charge on any atom is -0.272 e. The van der Waals surface area contributed by atoms with Crippen molar-refractivity contribution in [2.45, 2.75) is 12.2 Å². The maximum atomic E-state index is 11.0. The van der Waals surface area contributed by atoms with Crippen LogP contribution in [0, 0.1) is 11.5 Å². The van der Waals surface area contributed by atoms with E-state index in [1.54, 1.807) is 0 Å². The quantitative estimate of drug-likeness (QED) is 0.428. The van der Waals surface area contributed by atoms with Crippen LogP contribution >= 0.6 is 0 Å². The van der Waals surface area contributed by atoms with E-state index in [1.807, 2.05) is 0 Å². The number of hydrogen-bond donors (Lipinski definition) is 0. The molecule has 0 aromatic heterocycles. The standard InChI is InChI=1S/C6H10N2O3S/c1-5(12(3,10)11)6(9)8(2)4-7/h5H,1-3H3. The van der Waals surface area contributed by atoms with Gasteiger partial charge in [-0.25, -0.2) is 8.42 Å². The van der Waals surface area contributed by atoms with E-state index < -0.39 is 21.0 Å². The molecule has 0 aliphatic carbocycles. The third-order valence-corrected chi connectivity index (χ3v) is 2.96. The Morgan fingerprint density at radius 1 is 1.58 bits per heavy atom. The summed E-state index contributed by atoms with van der Waals surface area (Å²) in [7, 11) is -2.17. The van der Waals surface area contributed by atoms with Gasteiger partial charge in [0, 0.05) is 13.3 Å². The van der Waals surface area contributed by atoms with Gasteiger partial charge in [-0.2, -0.15) is 5.26 Å². The van der Waals surface area contributed by atoms with E-state index >= 15 is 0 Å². The molecule has 0 spiro atoms. The molecule has 0 heterocycles. The van der Waals surface area contributed by atoms with Crippen LogP contribution in [-0.2, 0) is 14.6 Å². The van der Waals surface area contributed by atoms with E-state index in [1.165, 1.54) is 20.2 Å². The molecule has 0 rings (SSSR count). The van der Waals surface area contributed by atoms with Gasteiger partial charge in [0.2, 0.25) is 0 Å². The van der Waals surface area contributed by atoms with Crippen LogP contribution in [0.25, 0.3) is 0 Å². The lowest BCUT2D eigenvalue weighted by molar-refractivity contribution is -0.126. The number of nitriles is 1. The van der Waals surface area contributed by atoms with Crippen molar-refractivity contribution in [3.63, 3.8) is 0 Å². The fraction of sp³-hybridized carbons (Fsp3) is 0.667. The first kappa shape index (κ1) is 10.9. The average Bonchev–Trinajstić information content (AvgIpc) is 1.98. The molecule has 0 aromatic carbocycles. The minimum absolute atomic E-state index is 0.700. The Morgan fingerprint density at radius 3 is 2.25 bits per heavy atom. The van der Waals surface area contributed by atoms with Crippen molar-refractivity contribution in [2.24, 2.45) is 0 Å². The number of amides is 1. The molecular weight excluding hydrogens is 180 g/mol. The van der Waals surface area contributed by atoms with Gasteiger partial charge in [-0.1, -0.05) is 0 Å². The predicted octanol–water partition coefficient (Wildman–Crippen LogP) is -0.641. The molecule has 0 N–H and O–H groups in total. The van der Waals surface area contributed by atoms with Crippen molar-refractivity contribution in [1.29, 1.82) is 5.26 Å². The summed E-state index contributed by atoms with van der Waals surface area (Å²) in [5, 5.41) is 7.13. The van der Waals surface area contributed by atoms with Gasteiger partial charge in [0.05, 0.1) is 0 Å². The Bertz CT molecular complexity index is 314. The number of hydrogen-bond acceptors (Lipinski definition) is 4. The molecule has 12 heavy (non-hydrogen) atoms. The highest BCUT2D eigenvalue weighted by Gasteiger charge is 2.26. The van der Waals surface area contributed by atoms with Gasteiger partial charge in [0.1, 0.15) is 5.25 Å². The topological polar surface area (TPSA) is 78.2 Å². The molecule has 1 unspecified atom stereocenters. The fourth-order valence-electron chi connectivity index (χ4n) is 0.505. The molecule has 68 valence electrons. The summed E-state index contributed by atoms with van der Waals surface area (Å²) in [4.78, 5) is 11.7. The summed E-state index contributed by atoms with van der Waals surface area (Å²) in [6.45, 7) is 1.26. The Labute approximate surface area is 71.5 Å². The first-order valence-electron chi connectivity index (χ1n) is 3.17. The van der Waals surface area contributed by atoms with E-state index in [0.29, 0.717) is 4.90 Å². The van der Waals surface area contributed by atoms with Gasteiger partial charge in [-0.05, 0) is 6.92 Å². The first-order valence-corrected chi connectivity index (χ1v) is 5.12. The summed E-state index contributed by atoms with van der Waals surface area (Å²) in [6, 6.07) is 0. The molecule has 0 saturated heterocycles. The van der Waals surface area contributed by atoms with Crippen LogP contribution < -0.4 is 0 Å². The van der Waals surface area contributed by atoms with Crippen molar-refractivity contribution in [1.82, 2.24) is 4.90 Å². The van der Waals surface area contributed by atoms with E-state index in [2.05, 4.69) is 0 Å². The molecule has 0 aliphatic rings. The van der Waals surface area contributed by atoms with Gasteiger partial charge < -0.3 is 0 Å². The molecule has 6 heteroatoms. The average molecular weight is 190 g/mol. The Kier molecular flexibility index (Phi) is 3.22. The van der Waals surface area contributed by atoms with Crippen molar-refractivity contribution < 1.29 is 13.2 Å². The van der Waals surface area contributed by atoms with Crippen LogP contribution in [0.3, 0.4) is 0 Å². The zero-order valence-corrected chi connectivity index (χ0v) is 7.92. The van der Waals surface area contributed by atoms with Gasteiger partial charge in [0.15, 0.2) is 16.0 Å². The number of sulfone groups is 1. The summed E-state index contributed by atoms with van der Waals surface area (Å²) >= 11 is 0. The third kappa shape index (κ3) is 2.51. The van der Waals surface area contributed by atoms with Crippen LogP contribution in [0.1, 0.15) is 6.92 Å². The highest BCUT2D eigenvalue weighted by molar-refractivity contribution is 7.92. The molecule has 1 amide bonds. The summed E-state index contributed by atoms with van der Waals surface area (Å²) in [5.41, 5.74) is 0. The predicted molar refractivity (Wildman–Crippen MR) is 42.7 cm³/mol. The van der Waals surface area contributed by atoms with Crippen molar-refractivity contribution in [2.75, 3.05) is 13.3 Å². The zero-order chi connectivity index (χ0) is 9.94. The van der Waals surface area contributed by atoms with Crippen molar-refractivity contribution >= 4 is 15.7 Å². The second-order valence-corrected chi connectivity index (χ2v) is 4.84. The van der Waals surface area contributed by atoms with Gasteiger partial charge in [-0.15, -0.1) is 0 Å². The number of carbonyl (C=O) groups excluding carboxylic acids is 1. The molecule has 5 nitrogen and oxygen atoms in total. The first-order chi connectivity index (χ1) is 5.30. The van der Waals surface area contributed by atoms with Crippen LogP contribution in [0.4, 0.5) is 0 Å². The van der Waals surface area contributed by atoms with E-state index in [0.717, 1.165) is 6.26 Å².